The minimum absolute atomic E-state index is 0.119. The summed E-state index contributed by atoms with van der Waals surface area (Å²) in [7, 11) is 0. The number of pyridine rings is 1. The first-order valence-electron chi connectivity index (χ1n) is 11.9. The standard InChI is InChI=1S/C28H26ClN3O2/c29-21-11-9-20(10-12-21)27(13-14-27)25(33)31-18-15-28(16-19-31)24(23-8-4-5-17-30-23)32(26(28)34)22-6-2-1-3-7-22/h1-12,17,24H,13-16,18-19H2. The highest BCUT2D eigenvalue weighted by molar-refractivity contribution is 6.30. The quantitative estimate of drug-likeness (QED) is 0.493. The van der Waals surface area contributed by atoms with E-state index in [2.05, 4.69) is 4.98 Å². The van der Waals surface area contributed by atoms with Crippen molar-refractivity contribution in [3.63, 3.8) is 0 Å². The van der Waals surface area contributed by atoms with E-state index in [4.69, 9.17) is 11.6 Å². The fraction of sp³-hybridized carbons (Fsp3) is 0.321. The van der Waals surface area contributed by atoms with Crippen LogP contribution in [0.15, 0.2) is 79.0 Å². The molecule has 1 spiro atoms. The number of anilines is 1. The lowest BCUT2D eigenvalue weighted by molar-refractivity contribution is -0.150. The zero-order valence-electron chi connectivity index (χ0n) is 18.9. The van der Waals surface area contributed by atoms with Gasteiger partial charge in [-0.05, 0) is 67.6 Å². The molecule has 2 aromatic carbocycles. The molecule has 5 nitrogen and oxygen atoms in total. The zero-order chi connectivity index (χ0) is 23.3. The number of carbonyl (C=O) groups excluding carboxylic acids is 2. The molecule has 34 heavy (non-hydrogen) atoms. The molecule has 0 N–H and O–H groups in total. The Labute approximate surface area is 204 Å². The van der Waals surface area contributed by atoms with E-state index >= 15 is 0 Å². The molecule has 172 valence electrons. The van der Waals surface area contributed by atoms with Gasteiger partial charge in [-0.25, -0.2) is 0 Å². The number of amides is 2. The van der Waals surface area contributed by atoms with Gasteiger partial charge >= 0.3 is 0 Å². The number of benzene rings is 2. The minimum atomic E-state index is -0.516. The molecule has 2 saturated heterocycles. The van der Waals surface area contributed by atoms with Crippen molar-refractivity contribution in [3.05, 3.63) is 95.3 Å². The molecule has 3 aromatic rings. The van der Waals surface area contributed by atoms with Gasteiger partial charge in [-0.2, -0.15) is 0 Å². The van der Waals surface area contributed by atoms with E-state index in [0.29, 0.717) is 31.0 Å². The predicted molar refractivity (Wildman–Crippen MR) is 132 cm³/mol. The summed E-state index contributed by atoms with van der Waals surface area (Å²) in [6.07, 6.45) is 4.83. The third-order valence-electron chi connectivity index (χ3n) is 7.93. The van der Waals surface area contributed by atoms with Crippen LogP contribution in [-0.4, -0.2) is 34.8 Å². The zero-order valence-corrected chi connectivity index (χ0v) is 19.6. The lowest BCUT2D eigenvalue weighted by Gasteiger charge is -2.58. The Balaban J connectivity index is 1.25. The molecule has 2 amide bonds. The average molecular weight is 472 g/mol. The van der Waals surface area contributed by atoms with Gasteiger partial charge in [-0.3, -0.25) is 14.6 Å². The van der Waals surface area contributed by atoms with Gasteiger partial charge in [0.15, 0.2) is 0 Å². The normalized spacial score (nSPS) is 22.4. The van der Waals surface area contributed by atoms with Gasteiger partial charge in [0.2, 0.25) is 11.8 Å². The summed E-state index contributed by atoms with van der Waals surface area (Å²) in [5.74, 6) is 0.325. The number of hydrogen-bond donors (Lipinski definition) is 0. The van der Waals surface area contributed by atoms with Crippen LogP contribution in [0.1, 0.15) is 43.0 Å². The van der Waals surface area contributed by atoms with Gasteiger partial charge in [0.05, 0.1) is 22.6 Å². The molecule has 1 aliphatic carbocycles. The van der Waals surface area contributed by atoms with Crippen molar-refractivity contribution in [1.29, 1.82) is 0 Å². The maximum absolute atomic E-state index is 13.6. The topological polar surface area (TPSA) is 53.5 Å². The third-order valence-corrected chi connectivity index (χ3v) is 8.18. The Morgan fingerprint density at radius 2 is 1.56 bits per heavy atom. The first kappa shape index (κ1) is 21.4. The van der Waals surface area contributed by atoms with Crippen molar-refractivity contribution in [2.75, 3.05) is 18.0 Å². The molecule has 3 aliphatic rings. The largest absolute Gasteiger partial charge is 0.342 e. The van der Waals surface area contributed by atoms with Crippen LogP contribution in [0.25, 0.3) is 0 Å². The number of aromatic nitrogens is 1. The van der Waals surface area contributed by atoms with Crippen LogP contribution in [0.4, 0.5) is 5.69 Å². The van der Waals surface area contributed by atoms with E-state index in [0.717, 1.165) is 29.8 Å². The van der Waals surface area contributed by atoms with Gasteiger partial charge in [0.25, 0.3) is 0 Å². The first-order chi connectivity index (χ1) is 16.6. The number of carbonyl (C=O) groups is 2. The third kappa shape index (κ3) is 3.17. The highest BCUT2D eigenvalue weighted by Gasteiger charge is 2.63. The van der Waals surface area contributed by atoms with Gasteiger partial charge in [0, 0.05) is 30.0 Å². The van der Waals surface area contributed by atoms with E-state index in [9.17, 15) is 9.59 Å². The van der Waals surface area contributed by atoms with E-state index < -0.39 is 10.8 Å². The van der Waals surface area contributed by atoms with Gasteiger partial charge < -0.3 is 9.80 Å². The first-order valence-corrected chi connectivity index (χ1v) is 12.3. The molecule has 1 unspecified atom stereocenters. The molecular weight excluding hydrogens is 446 g/mol. The minimum Gasteiger partial charge on any atom is -0.342 e. The van der Waals surface area contributed by atoms with E-state index in [1.165, 1.54) is 0 Å². The second kappa shape index (κ2) is 7.95. The maximum Gasteiger partial charge on any atom is 0.236 e. The van der Waals surface area contributed by atoms with Crippen LogP contribution >= 0.6 is 11.6 Å². The second-order valence-corrected chi connectivity index (χ2v) is 10.1. The van der Waals surface area contributed by atoms with Crippen molar-refractivity contribution in [3.8, 4) is 0 Å². The number of halogens is 1. The summed E-state index contributed by atoms with van der Waals surface area (Å²) in [4.78, 5) is 35.7. The van der Waals surface area contributed by atoms with Crippen molar-refractivity contribution in [2.24, 2.45) is 5.41 Å². The highest BCUT2D eigenvalue weighted by Crippen LogP contribution is 2.58. The van der Waals surface area contributed by atoms with E-state index in [1.54, 1.807) is 6.20 Å². The summed E-state index contributed by atoms with van der Waals surface area (Å²) in [5.41, 5.74) is 1.91. The van der Waals surface area contributed by atoms with Crippen molar-refractivity contribution in [2.45, 2.75) is 37.1 Å². The molecule has 1 saturated carbocycles. The number of β-lactam (4-membered cyclic amide) rings is 1. The Kier molecular flexibility index (Phi) is 4.99. The molecule has 2 aliphatic heterocycles. The molecule has 3 heterocycles. The number of nitrogens with zero attached hydrogens (tertiary/aromatic N) is 3. The summed E-state index contributed by atoms with van der Waals surface area (Å²) < 4.78 is 0. The number of rotatable bonds is 4. The summed E-state index contributed by atoms with van der Waals surface area (Å²) in [6.45, 7) is 1.18. The predicted octanol–water partition coefficient (Wildman–Crippen LogP) is 5.16. The summed E-state index contributed by atoms with van der Waals surface area (Å²) in [6, 6.07) is 23.2. The average Bonchev–Trinajstić information content (AvgIpc) is 3.70. The van der Waals surface area contributed by atoms with Crippen LogP contribution in [0, 0.1) is 5.41 Å². The summed E-state index contributed by atoms with van der Waals surface area (Å²) >= 11 is 6.06. The lowest BCUT2D eigenvalue weighted by Crippen LogP contribution is -2.67. The number of piperidine rings is 1. The lowest BCUT2D eigenvalue weighted by atomic mass is 9.63. The maximum atomic E-state index is 13.6. The smallest absolute Gasteiger partial charge is 0.236 e. The SMILES string of the molecule is O=C(N1CCC2(CC1)C(=O)N(c1ccccc1)C2c1ccccn1)C1(c2ccc(Cl)cc2)CC1. The molecule has 1 aromatic heterocycles. The van der Waals surface area contributed by atoms with Crippen LogP contribution in [-0.2, 0) is 15.0 Å². The molecule has 1 atom stereocenters. The van der Waals surface area contributed by atoms with Crippen LogP contribution < -0.4 is 4.90 Å². The van der Waals surface area contributed by atoms with Gasteiger partial charge in [-0.15, -0.1) is 0 Å². The van der Waals surface area contributed by atoms with Gasteiger partial charge in [0.1, 0.15) is 0 Å². The fourth-order valence-corrected chi connectivity index (χ4v) is 6.01. The van der Waals surface area contributed by atoms with Crippen LogP contribution in [0.5, 0.6) is 0 Å². The van der Waals surface area contributed by atoms with Crippen molar-refractivity contribution < 1.29 is 9.59 Å². The van der Waals surface area contributed by atoms with Crippen LogP contribution in [0.2, 0.25) is 5.02 Å². The van der Waals surface area contributed by atoms with E-state index in [-0.39, 0.29) is 17.9 Å². The fourth-order valence-electron chi connectivity index (χ4n) is 5.88. The Morgan fingerprint density at radius 3 is 2.18 bits per heavy atom. The number of likely N-dealkylation sites (tertiary alicyclic amines) is 1. The Morgan fingerprint density at radius 1 is 0.882 bits per heavy atom. The van der Waals surface area contributed by atoms with Crippen molar-refractivity contribution >= 4 is 29.1 Å². The molecular formula is C28H26ClN3O2. The Bertz CT molecular complexity index is 1220. The Hall–Kier alpha value is -3.18. The number of para-hydroxylation sites is 1. The van der Waals surface area contributed by atoms with Crippen molar-refractivity contribution in [1.82, 2.24) is 9.88 Å². The summed E-state index contributed by atoms with van der Waals surface area (Å²) in [5, 5.41) is 0.680. The molecule has 0 bridgehead atoms. The highest BCUT2D eigenvalue weighted by atomic mass is 35.5. The molecule has 0 radical (unpaired) electrons. The van der Waals surface area contributed by atoms with E-state index in [1.807, 2.05) is 82.6 Å². The van der Waals surface area contributed by atoms with Gasteiger partial charge in [-0.1, -0.05) is 48.0 Å². The molecule has 3 fully saturated rings. The second-order valence-electron chi connectivity index (χ2n) is 9.71. The molecule has 6 heteroatoms. The number of hydrogen-bond acceptors (Lipinski definition) is 3. The molecule has 6 rings (SSSR count). The van der Waals surface area contributed by atoms with Crippen LogP contribution in [0.3, 0.4) is 0 Å². The monoisotopic (exact) mass is 471 g/mol.